The van der Waals surface area contributed by atoms with Crippen LogP contribution in [0.2, 0.25) is 0 Å². The van der Waals surface area contributed by atoms with Gasteiger partial charge < -0.3 is 5.73 Å². The molecule has 1 aliphatic rings. The minimum absolute atomic E-state index is 0.134. The Morgan fingerprint density at radius 3 is 2.50 bits per heavy atom. The fourth-order valence-corrected chi connectivity index (χ4v) is 3.30. The molecular weight excluding hydrogens is 306 g/mol. The second-order valence-electron chi connectivity index (χ2n) is 5.59. The number of primary amides is 1. The van der Waals surface area contributed by atoms with Crippen molar-refractivity contribution in [3.8, 4) is 0 Å². The highest BCUT2D eigenvalue weighted by Crippen LogP contribution is 2.14. The number of carbonyl (C=O) groups is 1. The Balaban J connectivity index is 2.12. The largest absolute Gasteiger partial charge is 0.369 e. The summed E-state index contributed by atoms with van der Waals surface area (Å²) in [6.45, 7) is 3.80. The maximum absolute atomic E-state index is 11.7. The summed E-state index contributed by atoms with van der Waals surface area (Å²) in [5.74, 6) is -0.317. The molecule has 1 aromatic rings. The first kappa shape index (κ1) is 16.8. The Bertz CT molecular complexity index is 632. The fourth-order valence-electron chi connectivity index (χ4n) is 2.43. The zero-order chi connectivity index (χ0) is 16.3. The van der Waals surface area contributed by atoms with Gasteiger partial charge in [0.05, 0.1) is 12.2 Å². The Morgan fingerprint density at radius 2 is 1.95 bits per heavy atom. The molecule has 1 amide bonds. The monoisotopic (exact) mass is 327 g/mol. The van der Waals surface area contributed by atoms with Crippen molar-refractivity contribution in [3.63, 3.8) is 0 Å². The lowest BCUT2D eigenvalue weighted by Crippen LogP contribution is -2.40. The zero-order valence-electron chi connectivity index (χ0n) is 12.8. The molecule has 0 aromatic carbocycles. The van der Waals surface area contributed by atoms with Gasteiger partial charge in [0.25, 0.3) is 0 Å². The van der Waals surface area contributed by atoms with Crippen molar-refractivity contribution < 1.29 is 13.2 Å². The molecular formula is C13H21N5O3S. The van der Waals surface area contributed by atoms with Crippen LogP contribution in [0.1, 0.15) is 11.4 Å². The number of sulfonamides is 1. The van der Waals surface area contributed by atoms with E-state index >= 15 is 0 Å². The summed E-state index contributed by atoms with van der Waals surface area (Å²) >= 11 is 0. The molecule has 0 radical (unpaired) electrons. The summed E-state index contributed by atoms with van der Waals surface area (Å²) < 4.78 is 24.8. The molecule has 2 rings (SSSR count). The van der Waals surface area contributed by atoms with E-state index in [0.717, 1.165) is 11.8 Å². The van der Waals surface area contributed by atoms with Crippen LogP contribution in [0.5, 0.6) is 0 Å². The third-order valence-electron chi connectivity index (χ3n) is 3.68. The molecule has 9 heteroatoms. The lowest BCUT2D eigenvalue weighted by molar-refractivity contribution is -0.122. The summed E-state index contributed by atoms with van der Waals surface area (Å²) in [6.07, 6.45) is 4.62. The number of hydrogen-bond donors (Lipinski definition) is 1. The third-order valence-corrected chi connectivity index (χ3v) is 4.95. The summed E-state index contributed by atoms with van der Waals surface area (Å²) in [5, 5.41) is 0. The number of amides is 1. The van der Waals surface area contributed by atoms with Crippen LogP contribution in [0.4, 0.5) is 0 Å². The molecule has 1 saturated heterocycles. The minimum Gasteiger partial charge on any atom is -0.369 e. The van der Waals surface area contributed by atoms with Gasteiger partial charge in [0.15, 0.2) is 0 Å². The van der Waals surface area contributed by atoms with Crippen molar-refractivity contribution in [2.75, 3.05) is 32.4 Å². The van der Waals surface area contributed by atoms with Gasteiger partial charge in [-0.3, -0.25) is 9.69 Å². The number of rotatable bonds is 4. The summed E-state index contributed by atoms with van der Waals surface area (Å²) in [5.41, 5.74) is 6.32. The molecule has 0 bridgehead atoms. The van der Waals surface area contributed by atoms with Gasteiger partial charge in [0, 0.05) is 50.7 Å². The molecule has 22 heavy (non-hydrogen) atoms. The average Bonchev–Trinajstić information content (AvgIpc) is 2.64. The predicted octanol–water partition coefficient (Wildman–Crippen LogP) is -1.04. The quantitative estimate of drug-likeness (QED) is 0.757. The lowest BCUT2D eigenvalue weighted by Gasteiger charge is -2.21. The molecule has 122 valence electrons. The highest BCUT2D eigenvalue weighted by atomic mass is 32.2. The van der Waals surface area contributed by atoms with Gasteiger partial charge >= 0.3 is 0 Å². The van der Waals surface area contributed by atoms with Crippen LogP contribution in [0, 0.1) is 12.8 Å². The molecule has 0 spiro atoms. The van der Waals surface area contributed by atoms with Crippen molar-refractivity contribution in [1.29, 1.82) is 0 Å². The molecule has 0 saturated carbocycles. The van der Waals surface area contributed by atoms with E-state index in [1.807, 2.05) is 11.8 Å². The molecule has 1 fully saturated rings. The molecule has 8 nitrogen and oxygen atoms in total. The van der Waals surface area contributed by atoms with Crippen LogP contribution in [0.25, 0.3) is 0 Å². The number of hydrogen-bond acceptors (Lipinski definition) is 6. The molecule has 1 aliphatic heterocycles. The van der Waals surface area contributed by atoms with Gasteiger partial charge in [-0.1, -0.05) is 0 Å². The molecule has 1 atom stereocenters. The van der Waals surface area contributed by atoms with Crippen LogP contribution in [0.3, 0.4) is 0 Å². The van der Waals surface area contributed by atoms with E-state index in [1.54, 1.807) is 12.4 Å². The second-order valence-corrected chi connectivity index (χ2v) is 7.58. The smallest absolute Gasteiger partial charge is 0.223 e. The van der Waals surface area contributed by atoms with Crippen molar-refractivity contribution >= 4 is 15.9 Å². The van der Waals surface area contributed by atoms with Crippen molar-refractivity contribution in [1.82, 2.24) is 19.2 Å². The highest BCUT2D eigenvalue weighted by molar-refractivity contribution is 7.88. The van der Waals surface area contributed by atoms with Crippen molar-refractivity contribution in [3.05, 3.63) is 23.8 Å². The Labute approximate surface area is 130 Å². The molecule has 0 aliphatic carbocycles. The van der Waals surface area contributed by atoms with Gasteiger partial charge in [0.1, 0.15) is 5.82 Å². The van der Waals surface area contributed by atoms with E-state index in [0.29, 0.717) is 32.0 Å². The van der Waals surface area contributed by atoms with E-state index in [9.17, 15) is 13.2 Å². The fraction of sp³-hybridized carbons (Fsp3) is 0.615. The predicted molar refractivity (Wildman–Crippen MR) is 81.1 cm³/mol. The first-order chi connectivity index (χ1) is 10.3. The molecule has 2 N–H and O–H groups in total. The van der Waals surface area contributed by atoms with Crippen LogP contribution < -0.4 is 5.73 Å². The summed E-state index contributed by atoms with van der Waals surface area (Å²) in [6, 6.07) is 0. The van der Waals surface area contributed by atoms with E-state index in [-0.39, 0.29) is 6.54 Å². The van der Waals surface area contributed by atoms with Gasteiger partial charge in [0.2, 0.25) is 15.9 Å². The summed E-state index contributed by atoms with van der Waals surface area (Å²) in [7, 11) is -3.34. The number of aromatic nitrogens is 2. The third kappa shape index (κ3) is 4.46. The lowest BCUT2D eigenvalue weighted by atomic mass is 10.1. The standard InChI is InChI=1S/C13H21N5O3S/c1-10-15-5-11(6-16-10)7-17-3-4-18(22(2,20)21)9-12(8-17)13(14)19/h5-6,12H,3-4,7-9H2,1-2H3,(H2,14,19). The number of nitrogens with two attached hydrogens (primary N) is 1. The number of carbonyl (C=O) groups excluding carboxylic acids is 1. The average molecular weight is 327 g/mol. The highest BCUT2D eigenvalue weighted by Gasteiger charge is 2.30. The second kappa shape index (κ2) is 6.67. The van der Waals surface area contributed by atoms with Crippen LogP contribution in [-0.2, 0) is 21.4 Å². The van der Waals surface area contributed by atoms with Crippen LogP contribution in [0.15, 0.2) is 12.4 Å². The molecule has 1 unspecified atom stereocenters. The van der Waals surface area contributed by atoms with Crippen LogP contribution in [-0.4, -0.2) is 65.9 Å². The van der Waals surface area contributed by atoms with E-state index in [1.165, 1.54) is 4.31 Å². The van der Waals surface area contributed by atoms with E-state index in [2.05, 4.69) is 9.97 Å². The van der Waals surface area contributed by atoms with Gasteiger partial charge in [-0.2, -0.15) is 0 Å². The first-order valence-electron chi connectivity index (χ1n) is 7.00. The Kier molecular flexibility index (Phi) is 5.09. The van der Waals surface area contributed by atoms with E-state index < -0.39 is 21.8 Å². The van der Waals surface area contributed by atoms with E-state index in [4.69, 9.17) is 5.73 Å². The topological polar surface area (TPSA) is 109 Å². The first-order valence-corrected chi connectivity index (χ1v) is 8.85. The maximum atomic E-state index is 11.7. The van der Waals surface area contributed by atoms with Crippen molar-refractivity contribution in [2.45, 2.75) is 13.5 Å². The summed E-state index contributed by atoms with van der Waals surface area (Å²) in [4.78, 5) is 21.9. The van der Waals surface area contributed by atoms with Gasteiger partial charge in [-0.25, -0.2) is 22.7 Å². The zero-order valence-corrected chi connectivity index (χ0v) is 13.6. The Morgan fingerprint density at radius 1 is 1.32 bits per heavy atom. The number of nitrogens with zero attached hydrogens (tertiary/aromatic N) is 4. The van der Waals surface area contributed by atoms with Gasteiger partial charge in [-0.05, 0) is 6.92 Å². The maximum Gasteiger partial charge on any atom is 0.223 e. The Hall–Kier alpha value is -1.58. The SMILES string of the molecule is Cc1ncc(CN2CCN(S(C)(=O)=O)CC(C(N)=O)C2)cn1. The normalized spacial score (nSPS) is 21.5. The van der Waals surface area contributed by atoms with Crippen LogP contribution >= 0.6 is 0 Å². The number of aryl methyl sites for hydroxylation is 1. The molecule has 1 aromatic heterocycles. The molecule has 2 heterocycles. The minimum atomic E-state index is -3.34. The van der Waals surface area contributed by atoms with Crippen molar-refractivity contribution in [2.24, 2.45) is 11.7 Å². The van der Waals surface area contributed by atoms with Gasteiger partial charge in [-0.15, -0.1) is 0 Å².